The number of allylic oxidation sites excluding steroid dienone is 2. The first-order valence-electron chi connectivity index (χ1n) is 7.35. The Morgan fingerprint density at radius 2 is 1.36 bits per heavy atom. The van der Waals surface area contributed by atoms with Gasteiger partial charge in [-0.15, -0.1) is 0 Å². The van der Waals surface area contributed by atoms with Crippen molar-refractivity contribution < 1.29 is 41.8 Å². The van der Waals surface area contributed by atoms with Crippen LogP contribution < -0.4 is 0 Å². The number of rotatable bonds is 3. The Kier molecular flexibility index (Phi) is 12.0. The quantitative estimate of drug-likeness (QED) is 0.314. The van der Waals surface area contributed by atoms with Gasteiger partial charge in [0.05, 0.1) is 23.2 Å². The Bertz CT molecular complexity index is 352. The van der Waals surface area contributed by atoms with Gasteiger partial charge >= 0.3 is 5.78 Å². The maximum Gasteiger partial charge on any atom is 0.325 e. The van der Waals surface area contributed by atoms with Crippen LogP contribution in [0.3, 0.4) is 0 Å². The first kappa shape index (κ1) is 26.7. The molecule has 1 unspecified atom stereocenters. The summed E-state index contributed by atoms with van der Waals surface area (Å²) in [6, 6.07) is 0. The molecule has 0 aromatic heterocycles. The fourth-order valence-corrected chi connectivity index (χ4v) is 1.29. The topological polar surface area (TPSA) is 82.1 Å². The fourth-order valence-electron chi connectivity index (χ4n) is 1.29. The molecule has 0 radical (unpaired) electrons. The normalized spacial score (nSPS) is 14.4. The smallest absolute Gasteiger partial charge is 0.325 e. The number of hydrogen-bond acceptors (Lipinski definition) is 3. The van der Waals surface area contributed by atoms with Crippen LogP contribution in [0.25, 0.3) is 0 Å². The molecule has 0 aromatic carbocycles. The number of hydrogen-bond donors (Lipinski definition) is 3. The zero-order valence-electron chi connectivity index (χ0n) is 15.7. The second-order valence-electron chi connectivity index (χ2n) is 8.28. The molecule has 0 bridgehead atoms. The van der Waals surface area contributed by atoms with E-state index >= 15 is 0 Å². The Labute approximate surface area is 150 Å². The number of carbonyl (C=O) groups excluding carboxylic acids is 1. The molecule has 0 saturated heterocycles. The van der Waals surface area contributed by atoms with Gasteiger partial charge in [-0.1, -0.05) is 20.8 Å². The Hall–Kier alpha value is -0.156. The van der Waals surface area contributed by atoms with Gasteiger partial charge in [-0.05, 0) is 41.5 Å². The van der Waals surface area contributed by atoms with Crippen LogP contribution in [0.15, 0.2) is 11.8 Å². The summed E-state index contributed by atoms with van der Waals surface area (Å²) in [5, 5.41) is 27.4. The summed E-state index contributed by atoms with van der Waals surface area (Å²) >= 11 is 0. The van der Waals surface area contributed by atoms with E-state index in [0.29, 0.717) is 6.42 Å². The molecule has 0 aliphatic heterocycles. The summed E-state index contributed by atoms with van der Waals surface area (Å²) in [4.78, 5) is 9.60. The molecule has 1 atom stereocenters. The summed E-state index contributed by atoms with van der Waals surface area (Å²) in [6.45, 7) is 16.4. The zero-order chi connectivity index (χ0) is 17.6. The Morgan fingerprint density at radius 1 is 1.00 bits per heavy atom. The second-order valence-corrected chi connectivity index (χ2v) is 8.28. The molecule has 4 N–H and O–H groups in total. The maximum atomic E-state index is 9.60. The third kappa shape index (κ3) is 16.2. The standard InChI is InChI=1S/C11H20O2.C6H14O2.Ti/c1-10(2,3)8(12)7-9(13)11(4,5)6;1-5(7)4-6(2,3)8;/h7,12H,1-6H3;5,7-8H,4H2,1-3H3;/p+1/b8-7-;;. The summed E-state index contributed by atoms with van der Waals surface area (Å²) in [7, 11) is 0. The van der Waals surface area contributed by atoms with Gasteiger partial charge in [0.25, 0.3) is 0 Å². The van der Waals surface area contributed by atoms with Gasteiger partial charge < -0.3 is 15.3 Å². The zero-order valence-corrected chi connectivity index (χ0v) is 17.2. The third-order valence-electron chi connectivity index (χ3n) is 2.61. The van der Waals surface area contributed by atoms with E-state index in [1.165, 1.54) is 6.08 Å². The number of aliphatic hydroxyl groups is 3. The van der Waals surface area contributed by atoms with Crippen LogP contribution in [0, 0.1) is 10.8 Å². The minimum Gasteiger partial charge on any atom is -0.511 e. The molecule has 0 fully saturated rings. The van der Waals surface area contributed by atoms with Crippen molar-refractivity contribution in [2.24, 2.45) is 10.8 Å². The van der Waals surface area contributed by atoms with Crippen molar-refractivity contribution in [1.29, 1.82) is 0 Å². The maximum absolute atomic E-state index is 9.60. The summed E-state index contributed by atoms with van der Waals surface area (Å²) in [5.41, 5.74) is -1.34. The molecule has 130 valence electrons. The SMILES string of the molecule is CC(C)(C)C(=[OH+])/C=C(\O)C(C)(C)C.CC(O)CC(C)(C)O.[Ti]. The van der Waals surface area contributed by atoms with Crippen molar-refractivity contribution in [2.75, 3.05) is 0 Å². The molecule has 0 spiro atoms. The van der Waals surface area contributed by atoms with E-state index in [1.54, 1.807) is 20.8 Å². The summed E-state index contributed by atoms with van der Waals surface area (Å²) < 4.78 is 0. The van der Waals surface area contributed by atoms with Gasteiger partial charge in [0.1, 0.15) is 5.76 Å². The van der Waals surface area contributed by atoms with E-state index < -0.39 is 11.7 Å². The average Bonchev–Trinajstić information content (AvgIpc) is 2.10. The van der Waals surface area contributed by atoms with E-state index in [1.807, 2.05) is 41.5 Å². The molecular formula is C17H35O4Ti+. The fraction of sp³-hybridized carbons (Fsp3) is 0.824. The van der Waals surface area contributed by atoms with E-state index in [9.17, 15) is 9.90 Å². The number of ketones is 1. The van der Waals surface area contributed by atoms with Gasteiger partial charge in [0, 0.05) is 33.6 Å². The summed E-state index contributed by atoms with van der Waals surface area (Å²) in [5.74, 6) is 0.417. The van der Waals surface area contributed by atoms with Crippen LogP contribution in [0.4, 0.5) is 0 Å². The van der Waals surface area contributed by atoms with Crippen LogP contribution in [-0.4, -0.2) is 37.6 Å². The predicted molar refractivity (Wildman–Crippen MR) is 89.2 cm³/mol. The first-order valence-corrected chi connectivity index (χ1v) is 7.35. The molecule has 0 aliphatic rings. The molecule has 4 nitrogen and oxygen atoms in total. The summed E-state index contributed by atoms with van der Waals surface area (Å²) in [6.07, 6.45) is 1.47. The van der Waals surface area contributed by atoms with Gasteiger partial charge in [0.15, 0.2) is 0 Å². The molecule has 0 rings (SSSR count). The predicted octanol–water partition coefficient (Wildman–Crippen LogP) is 3.59. The minimum absolute atomic E-state index is 0. The van der Waals surface area contributed by atoms with Crippen molar-refractivity contribution >= 4 is 5.78 Å². The minimum atomic E-state index is -0.728. The van der Waals surface area contributed by atoms with Gasteiger partial charge in [-0.3, -0.25) is 4.79 Å². The Balaban J connectivity index is -0.000000348. The molecule has 0 amide bonds. The Morgan fingerprint density at radius 3 is 1.50 bits per heavy atom. The van der Waals surface area contributed by atoms with Crippen molar-refractivity contribution in [3.05, 3.63) is 11.8 Å². The van der Waals surface area contributed by atoms with Crippen LogP contribution in [0.2, 0.25) is 0 Å². The van der Waals surface area contributed by atoms with Crippen LogP contribution >= 0.6 is 0 Å². The molecule has 0 aromatic rings. The van der Waals surface area contributed by atoms with Gasteiger partial charge in [-0.25, -0.2) is 0 Å². The molecule has 0 saturated carbocycles. The molecule has 22 heavy (non-hydrogen) atoms. The van der Waals surface area contributed by atoms with E-state index in [0.717, 1.165) is 0 Å². The molecular weight excluding hydrogens is 316 g/mol. The molecule has 0 heterocycles. The molecule has 0 aliphatic carbocycles. The van der Waals surface area contributed by atoms with E-state index in [-0.39, 0.29) is 44.1 Å². The van der Waals surface area contributed by atoms with Gasteiger partial charge in [0.2, 0.25) is 0 Å². The van der Waals surface area contributed by atoms with Crippen LogP contribution in [0.1, 0.15) is 68.7 Å². The van der Waals surface area contributed by atoms with Crippen molar-refractivity contribution in [3.8, 4) is 0 Å². The second kappa shape index (κ2) is 9.87. The average molecular weight is 351 g/mol. The van der Waals surface area contributed by atoms with Crippen LogP contribution in [-0.2, 0) is 21.7 Å². The van der Waals surface area contributed by atoms with Gasteiger partial charge in [-0.2, -0.15) is 0 Å². The van der Waals surface area contributed by atoms with E-state index in [4.69, 9.17) is 10.2 Å². The van der Waals surface area contributed by atoms with Crippen molar-refractivity contribution in [1.82, 2.24) is 0 Å². The first-order chi connectivity index (χ1) is 8.97. The van der Waals surface area contributed by atoms with Crippen LogP contribution in [0.5, 0.6) is 0 Å². The third-order valence-corrected chi connectivity index (χ3v) is 2.61. The van der Waals surface area contributed by atoms with E-state index in [2.05, 4.69) is 0 Å². The molecule has 5 heteroatoms. The monoisotopic (exact) mass is 351 g/mol. The largest absolute Gasteiger partial charge is 0.511 e. The van der Waals surface area contributed by atoms with Crippen molar-refractivity contribution in [2.45, 2.75) is 80.4 Å². The number of aliphatic hydroxyl groups excluding tert-OH is 2. The van der Waals surface area contributed by atoms with Crippen molar-refractivity contribution in [3.63, 3.8) is 0 Å².